The van der Waals surface area contributed by atoms with Crippen LogP contribution in [0.25, 0.3) is 0 Å². The van der Waals surface area contributed by atoms with Crippen LogP contribution in [0.2, 0.25) is 0 Å². The Bertz CT molecular complexity index is 814. The van der Waals surface area contributed by atoms with Crippen LogP contribution in [0.5, 0.6) is 11.8 Å². The molecule has 1 amide bonds. The van der Waals surface area contributed by atoms with Crippen molar-refractivity contribution >= 4 is 18.0 Å². The summed E-state index contributed by atoms with van der Waals surface area (Å²) in [5, 5.41) is 21.5. The summed E-state index contributed by atoms with van der Waals surface area (Å²) in [5.74, 6) is -2.62. The molecule has 1 aromatic heterocycles. The fraction of sp³-hybridized carbons (Fsp3) is 0.316. The Morgan fingerprint density at radius 1 is 1.03 bits per heavy atom. The van der Waals surface area contributed by atoms with Gasteiger partial charge in [-0.05, 0) is 18.9 Å². The first-order valence-electron chi connectivity index (χ1n) is 8.85. The second kappa shape index (κ2) is 10.6. The summed E-state index contributed by atoms with van der Waals surface area (Å²) >= 11 is 0. The lowest BCUT2D eigenvalue weighted by Crippen LogP contribution is -2.45. The van der Waals surface area contributed by atoms with Crippen LogP contribution in [0.1, 0.15) is 25.3 Å². The van der Waals surface area contributed by atoms with Crippen molar-refractivity contribution in [2.45, 2.75) is 32.4 Å². The highest BCUT2D eigenvalue weighted by atomic mass is 16.7. The van der Waals surface area contributed by atoms with E-state index in [9.17, 15) is 24.6 Å². The van der Waals surface area contributed by atoms with E-state index in [4.69, 9.17) is 14.3 Å². The van der Waals surface area contributed by atoms with E-state index in [0.717, 1.165) is 17.7 Å². The van der Waals surface area contributed by atoms with E-state index in [1.54, 1.807) is 31.2 Å². The van der Waals surface area contributed by atoms with Gasteiger partial charge in [0.05, 0.1) is 6.61 Å². The molecule has 0 bridgehead atoms. The maximum absolute atomic E-state index is 12.4. The number of carbonyl (C=O) groups is 3. The molecule has 0 aliphatic heterocycles. The molecule has 0 fully saturated rings. The number of ether oxygens (including phenoxy) is 2. The monoisotopic (exact) mass is 406 g/mol. The summed E-state index contributed by atoms with van der Waals surface area (Å²) < 4.78 is 10.4. The Morgan fingerprint density at radius 2 is 1.69 bits per heavy atom. The smallest absolute Gasteiger partial charge is 0.408 e. The molecule has 1 atom stereocenters. The first kappa shape index (κ1) is 21.6. The lowest BCUT2D eigenvalue weighted by atomic mass is 10.1. The number of aromatic nitrogens is 1. The Kier molecular flexibility index (Phi) is 7.89. The molecule has 1 heterocycles. The summed E-state index contributed by atoms with van der Waals surface area (Å²) in [6, 6.07) is 9.84. The molecule has 156 valence electrons. The van der Waals surface area contributed by atoms with Crippen molar-refractivity contribution in [2.75, 3.05) is 6.61 Å². The van der Waals surface area contributed by atoms with Crippen LogP contribution in [0.3, 0.4) is 0 Å². The van der Waals surface area contributed by atoms with E-state index in [2.05, 4.69) is 5.32 Å². The van der Waals surface area contributed by atoms with E-state index in [0.29, 0.717) is 4.73 Å². The minimum Gasteiger partial charge on any atom is -0.492 e. The summed E-state index contributed by atoms with van der Waals surface area (Å²) in [6.07, 6.45) is -1.21. The van der Waals surface area contributed by atoms with Crippen LogP contribution in [0.15, 0.2) is 42.5 Å². The summed E-state index contributed by atoms with van der Waals surface area (Å²) in [5.41, 5.74) is 0.746. The molecular weight excluding hydrogens is 384 g/mol. The number of rotatable bonds is 9. The number of hydrogen-bond donors (Lipinski definition) is 3. The number of aromatic hydroxyl groups is 2. The van der Waals surface area contributed by atoms with Crippen LogP contribution >= 0.6 is 0 Å². The first-order valence-corrected chi connectivity index (χ1v) is 8.85. The van der Waals surface area contributed by atoms with E-state index in [1.165, 1.54) is 0 Å². The highest BCUT2D eigenvalue weighted by molar-refractivity contribution is 5.82. The number of alkyl carbamates (subject to hydrolysis) is 1. The van der Waals surface area contributed by atoms with Crippen LogP contribution in [0.4, 0.5) is 4.79 Å². The number of carbonyl (C=O) groups excluding carboxylic acids is 3. The molecule has 0 aliphatic carbocycles. The highest BCUT2D eigenvalue weighted by Gasteiger charge is 2.26. The van der Waals surface area contributed by atoms with Crippen molar-refractivity contribution in [2.24, 2.45) is 0 Å². The first-order chi connectivity index (χ1) is 13.9. The lowest BCUT2D eigenvalue weighted by Gasteiger charge is -2.17. The quantitative estimate of drug-likeness (QED) is 0.533. The molecule has 29 heavy (non-hydrogen) atoms. The van der Waals surface area contributed by atoms with Gasteiger partial charge < -0.3 is 29.8 Å². The van der Waals surface area contributed by atoms with Crippen molar-refractivity contribution in [3.05, 3.63) is 48.0 Å². The van der Waals surface area contributed by atoms with Crippen molar-refractivity contribution in [1.29, 1.82) is 0 Å². The minimum atomic E-state index is -1.29. The Hall–Kier alpha value is -3.69. The van der Waals surface area contributed by atoms with Gasteiger partial charge in [-0.2, -0.15) is 0 Å². The number of hydrogen-bond acceptors (Lipinski definition) is 8. The van der Waals surface area contributed by atoms with Gasteiger partial charge in [-0.1, -0.05) is 30.3 Å². The van der Waals surface area contributed by atoms with Gasteiger partial charge in [-0.3, -0.25) is 4.79 Å². The minimum absolute atomic E-state index is 0.0223. The molecule has 0 radical (unpaired) electrons. The maximum Gasteiger partial charge on any atom is 0.408 e. The number of nitrogens with zero attached hydrogens (tertiary/aromatic N) is 1. The van der Waals surface area contributed by atoms with Crippen molar-refractivity contribution in [1.82, 2.24) is 10.0 Å². The molecule has 0 saturated carbocycles. The number of amides is 1. The molecule has 10 heteroatoms. The van der Waals surface area contributed by atoms with Gasteiger partial charge in [0.25, 0.3) is 0 Å². The van der Waals surface area contributed by atoms with E-state index in [1.807, 2.05) is 6.07 Å². The summed E-state index contributed by atoms with van der Waals surface area (Å²) in [6.45, 7) is 1.79. The van der Waals surface area contributed by atoms with Gasteiger partial charge in [-0.25, -0.2) is 9.59 Å². The normalized spacial score (nSPS) is 11.3. The number of nitrogens with one attached hydrogen (secondary N) is 1. The molecule has 3 N–H and O–H groups in total. The predicted molar refractivity (Wildman–Crippen MR) is 98.8 cm³/mol. The zero-order chi connectivity index (χ0) is 21.2. The average Bonchev–Trinajstić information content (AvgIpc) is 3.02. The van der Waals surface area contributed by atoms with E-state index >= 15 is 0 Å². The maximum atomic E-state index is 12.4. The largest absolute Gasteiger partial charge is 0.492 e. The van der Waals surface area contributed by atoms with Gasteiger partial charge in [0.1, 0.15) is 12.6 Å². The standard InChI is InChI=1S/C19H22N2O8/c1-2-27-17(24)11-8-14(18(25)29-21-15(22)9-10-16(21)23)20-19(26)28-12-13-6-4-3-5-7-13/h3-7,9-10,14,22-23H,2,8,11-12H2,1H3,(H,20,26)/t14-/m0/s1. The third-order valence-electron chi connectivity index (χ3n) is 3.71. The molecule has 0 unspecified atom stereocenters. The molecule has 0 spiro atoms. The fourth-order valence-corrected chi connectivity index (χ4v) is 2.30. The molecule has 0 saturated heterocycles. The van der Waals surface area contributed by atoms with Crippen LogP contribution in [0, 0.1) is 0 Å². The Balaban J connectivity index is 2.00. The molecule has 10 nitrogen and oxygen atoms in total. The van der Waals surface area contributed by atoms with Gasteiger partial charge in [0.2, 0.25) is 11.8 Å². The summed E-state index contributed by atoms with van der Waals surface area (Å²) in [4.78, 5) is 41.0. The molecular formula is C19H22N2O8. The fourth-order valence-electron chi connectivity index (χ4n) is 2.30. The molecule has 2 aromatic rings. The van der Waals surface area contributed by atoms with Gasteiger partial charge in [0.15, 0.2) is 0 Å². The van der Waals surface area contributed by atoms with Crippen molar-refractivity contribution < 1.29 is 38.9 Å². The van der Waals surface area contributed by atoms with Crippen molar-refractivity contribution in [3.63, 3.8) is 0 Å². The molecule has 0 aliphatic rings. The highest BCUT2D eigenvalue weighted by Crippen LogP contribution is 2.19. The predicted octanol–water partition coefficient (Wildman–Crippen LogP) is 1.49. The topological polar surface area (TPSA) is 136 Å². The van der Waals surface area contributed by atoms with Crippen LogP contribution in [-0.2, 0) is 25.7 Å². The number of benzene rings is 1. The van der Waals surface area contributed by atoms with Gasteiger partial charge in [0, 0.05) is 18.6 Å². The third-order valence-corrected chi connectivity index (χ3v) is 3.71. The lowest BCUT2D eigenvalue weighted by molar-refractivity contribution is -0.149. The average molecular weight is 406 g/mol. The summed E-state index contributed by atoms with van der Waals surface area (Å²) in [7, 11) is 0. The van der Waals surface area contributed by atoms with Crippen LogP contribution < -0.4 is 10.2 Å². The SMILES string of the molecule is CCOC(=O)CC[C@H](NC(=O)OCc1ccccc1)C(=O)On1c(O)ccc1O. The second-order valence-electron chi connectivity index (χ2n) is 5.86. The van der Waals surface area contributed by atoms with Gasteiger partial charge in [-0.15, -0.1) is 4.73 Å². The Morgan fingerprint density at radius 3 is 2.31 bits per heavy atom. The zero-order valence-corrected chi connectivity index (χ0v) is 15.7. The molecule has 2 rings (SSSR count). The van der Waals surface area contributed by atoms with Crippen LogP contribution in [-0.4, -0.2) is 45.6 Å². The third kappa shape index (κ3) is 6.76. The van der Waals surface area contributed by atoms with E-state index < -0.39 is 35.8 Å². The zero-order valence-electron chi connectivity index (χ0n) is 15.7. The van der Waals surface area contributed by atoms with Gasteiger partial charge >= 0.3 is 18.0 Å². The van der Waals surface area contributed by atoms with E-state index in [-0.39, 0.29) is 26.1 Å². The number of esters is 1. The molecule has 1 aromatic carbocycles. The van der Waals surface area contributed by atoms with Crippen molar-refractivity contribution in [3.8, 4) is 11.8 Å². The second-order valence-corrected chi connectivity index (χ2v) is 5.86. The Labute approximate surface area is 166 Å².